The molecule has 1 aromatic carbocycles. The summed E-state index contributed by atoms with van der Waals surface area (Å²) in [5, 5.41) is 3.72. The maximum Gasteiger partial charge on any atom is 0.255 e. The van der Waals surface area contributed by atoms with Gasteiger partial charge in [0.05, 0.1) is 6.54 Å². The third kappa shape index (κ3) is 2.65. The Morgan fingerprint density at radius 3 is 2.53 bits per heavy atom. The van der Waals surface area contributed by atoms with E-state index >= 15 is 0 Å². The number of hydrogen-bond acceptors (Lipinski definition) is 3. The van der Waals surface area contributed by atoms with Gasteiger partial charge in [0, 0.05) is 29.4 Å². The van der Waals surface area contributed by atoms with Crippen LogP contribution >= 0.6 is 11.6 Å². The number of halogens is 1. The van der Waals surface area contributed by atoms with Crippen LogP contribution in [-0.2, 0) is 9.59 Å². The van der Waals surface area contributed by atoms with E-state index in [1.165, 1.54) is 17.9 Å². The van der Waals surface area contributed by atoms with Crippen molar-refractivity contribution in [1.29, 1.82) is 0 Å². The van der Waals surface area contributed by atoms with Gasteiger partial charge in [0.1, 0.15) is 0 Å². The van der Waals surface area contributed by atoms with Crippen molar-refractivity contribution in [3.63, 3.8) is 0 Å². The summed E-state index contributed by atoms with van der Waals surface area (Å²) in [4.78, 5) is 23.7. The third-order valence-corrected chi connectivity index (χ3v) is 2.67. The van der Waals surface area contributed by atoms with Gasteiger partial charge >= 0.3 is 0 Å². The van der Waals surface area contributed by atoms with Gasteiger partial charge in [-0.05, 0) is 24.3 Å². The molecular formula is C12H11ClN2O2. The lowest BCUT2D eigenvalue weighted by atomic mass is 10.3. The van der Waals surface area contributed by atoms with Crippen LogP contribution in [0.3, 0.4) is 0 Å². The molecule has 0 unspecified atom stereocenters. The quantitative estimate of drug-likeness (QED) is 0.874. The van der Waals surface area contributed by atoms with Crippen molar-refractivity contribution in [2.24, 2.45) is 0 Å². The number of imide groups is 1. The molecule has 1 aliphatic rings. The van der Waals surface area contributed by atoms with Gasteiger partial charge in [0.15, 0.2) is 0 Å². The minimum atomic E-state index is -0.283. The molecule has 4 nitrogen and oxygen atoms in total. The summed E-state index contributed by atoms with van der Waals surface area (Å²) in [6.45, 7) is 1.66. The Morgan fingerprint density at radius 2 is 2.00 bits per heavy atom. The minimum absolute atomic E-state index is 0.251. The van der Waals surface area contributed by atoms with Crippen LogP contribution in [0.5, 0.6) is 0 Å². The molecule has 0 spiro atoms. The SMILES string of the molecule is CC(=O)N1CC(Nc2ccc(Cl)cc2)=CC1=O. The summed E-state index contributed by atoms with van der Waals surface area (Å²) in [5.41, 5.74) is 1.53. The number of carbonyl (C=O) groups excluding carboxylic acids is 2. The van der Waals surface area contributed by atoms with Crippen molar-refractivity contribution >= 4 is 29.1 Å². The second-order valence-electron chi connectivity index (χ2n) is 3.74. The Balaban J connectivity index is 2.06. The van der Waals surface area contributed by atoms with Gasteiger partial charge in [-0.2, -0.15) is 0 Å². The first-order valence-corrected chi connectivity index (χ1v) is 5.49. The standard InChI is InChI=1S/C12H11ClN2O2/c1-8(16)15-7-11(6-12(15)17)14-10-4-2-9(13)3-5-10/h2-6,14H,7H2,1H3. The molecule has 17 heavy (non-hydrogen) atoms. The normalized spacial score (nSPS) is 14.8. The van der Waals surface area contributed by atoms with Gasteiger partial charge in [-0.15, -0.1) is 0 Å². The molecule has 1 heterocycles. The van der Waals surface area contributed by atoms with Crippen molar-refractivity contribution in [3.05, 3.63) is 41.1 Å². The second-order valence-corrected chi connectivity index (χ2v) is 4.18. The van der Waals surface area contributed by atoms with Crippen molar-refractivity contribution in [3.8, 4) is 0 Å². The lowest BCUT2D eigenvalue weighted by Crippen LogP contribution is -2.31. The number of anilines is 1. The first-order chi connectivity index (χ1) is 8.06. The number of carbonyl (C=O) groups is 2. The molecule has 1 aromatic rings. The molecule has 0 atom stereocenters. The lowest BCUT2D eigenvalue weighted by Gasteiger charge is -2.12. The van der Waals surface area contributed by atoms with Gasteiger partial charge in [0.25, 0.3) is 5.91 Å². The monoisotopic (exact) mass is 250 g/mol. The second kappa shape index (κ2) is 4.59. The maximum absolute atomic E-state index is 11.4. The fraction of sp³-hybridized carbons (Fsp3) is 0.167. The van der Waals surface area contributed by atoms with Crippen molar-refractivity contribution < 1.29 is 9.59 Å². The summed E-state index contributed by atoms with van der Waals surface area (Å²) in [7, 11) is 0. The van der Waals surface area contributed by atoms with Crippen LogP contribution in [0, 0.1) is 0 Å². The number of amides is 2. The van der Waals surface area contributed by atoms with Gasteiger partial charge in [-0.3, -0.25) is 14.5 Å². The molecule has 0 bridgehead atoms. The summed E-state index contributed by atoms with van der Waals surface area (Å²) in [6.07, 6.45) is 1.43. The van der Waals surface area contributed by atoms with E-state index in [-0.39, 0.29) is 18.4 Å². The molecule has 0 aromatic heterocycles. The molecule has 0 saturated carbocycles. The van der Waals surface area contributed by atoms with Crippen LogP contribution in [-0.4, -0.2) is 23.3 Å². The molecule has 88 valence electrons. The Bertz CT molecular complexity index is 494. The van der Waals surface area contributed by atoms with Crippen molar-refractivity contribution in [2.75, 3.05) is 11.9 Å². The van der Waals surface area contributed by atoms with E-state index in [0.717, 1.165) is 5.69 Å². The molecule has 5 heteroatoms. The Labute approximate surface area is 104 Å². The Kier molecular flexibility index (Phi) is 3.15. The highest BCUT2D eigenvalue weighted by Crippen LogP contribution is 2.18. The largest absolute Gasteiger partial charge is 0.357 e. The van der Waals surface area contributed by atoms with Gasteiger partial charge in [0.2, 0.25) is 5.91 Å². The summed E-state index contributed by atoms with van der Waals surface area (Å²) >= 11 is 5.77. The Morgan fingerprint density at radius 1 is 1.35 bits per heavy atom. The van der Waals surface area contributed by atoms with Gasteiger partial charge in [-0.1, -0.05) is 11.6 Å². The fourth-order valence-electron chi connectivity index (χ4n) is 1.58. The van der Waals surface area contributed by atoms with E-state index in [2.05, 4.69) is 5.32 Å². The van der Waals surface area contributed by atoms with E-state index in [1.54, 1.807) is 12.1 Å². The fourth-order valence-corrected chi connectivity index (χ4v) is 1.71. The van der Waals surface area contributed by atoms with Crippen LogP contribution < -0.4 is 5.32 Å². The molecule has 0 aliphatic carbocycles. The molecule has 2 rings (SSSR count). The number of rotatable bonds is 2. The van der Waals surface area contributed by atoms with Gasteiger partial charge < -0.3 is 5.32 Å². The van der Waals surface area contributed by atoms with E-state index < -0.39 is 0 Å². The van der Waals surface area contributed by atoms with Crippen LogP contribution in [0.25, 0.3) is 0 Å². The molecular weight excluding hydrogens is 240 g/mol. The zero-order valence-electron chi connectivity index (χ0n) is 9.24. The highest BCUT2D eigenvalue weighted by Gasteiger charge is 2.24. The number of benzene rings is 1. The van der Waals surface area contributed by atoms with E-state index in [4.69, 9.17) is 11.6 Å². The average molecular weight is 251 g/mol. The third-order valence-electron chi connectivity index (χ3n) is 2.42. The van der Waals surface area contributed by atoms with Gasteiger partial charge in [-0.25, -0.2) is 0 Å². The molecule has 1 aliphatic heterocycles. The minimum Gasteiger partial charge on any atom is -0.357 e. The highest BCUT2D eigenvalue weighted by atomic mass is 35.5. The molecule has 2 amide bonds. The molecule has 1 N–H and O–H groups in total. The first-order valence-electron chi connectivity index (χ1n) is 5.11. The predicted molar refractivity (Wildman–Crippen MR) is 65.6 cm³/mol. The number of hydrogen-bond donors (Lipinski definition) is 1. The lowest BCUT2D eigenvalue weighted by molar-refractivity contribution is -0.138. The average Bonchev–Trinajstić information content (AvgIpc) is 2.63. The predicted octanol–water partition coefficient (Wildman–Crippen LogP) is 2.02. The van der Waals surface area contributed by atoms with Crippen LogP contribution in [0.4, 0.5) is 5.69 Å². The summed E-state index contributed by atoms with van der Waals surface area (Å²) < 4.78 is 0. The first kappa shape index (κ1) is 11.7. The molecule has 0 fully saturated rings. The van der Waals surface area contributed by atoms with E-state index in [9.17, 15) is 9.59 Å². The summed E-state index contributed by atoms with van der Waals surface area (Å²) in [6, 6.07) is 7.13. The summed E-state index contributed by atoms with van der Waals surface area (Å²) in [5.74, 6) is -0.534. The Hall–Kier alpha value is -1.81. The topological polar surface area (TPSA) is 49.4 Å². The van der Waals surface area contributed by atoms with Crippen LogP contribution in [0.1, 0.15) is 6.92 Å². The zero-order chi connectivity index (χ0) is 12.4. The maximum atomic E-state index is 11.4. The smallest absolute Gasteiger partial charge is 0.255 e. The molecule has 0 saturated heterocycles. The zero-order valence-corrected chi connectivity index (χ0v) is 9.99. The van der Waals surface area contributed by atoms with Crippen LogP contribution in [0.2, 0.25) is 5.02 Å². The van der Waals surface area contributed by atoms with Crippen molar-refractivity contribution in [1.82, 2.24) is 4.90 Å². The number of nitrogens with one attached hydrogen (secondary N) is 1. The van der Waals surface area contributed by atoms with E-state index in [0.29, 0.717) is 10.7 Å². The van der Waals surface area contributed by atoms with E-state index in [1.807, 2.05) is 12.1 Å². The van der Waals surface area contributed by atoms with Crippen molar-refractivity contribution in [2.45, 2.75) is 6.92 Å². The highest BCUT2D eigenvalue weighted by molar-refractivity contribution is 6.30. The molecule has 0 radical (unpaired) electrons. The van der Waals surface area contributed by atoms with Crippen LogP contribution in [0.15, 0.2) is 36.0 Å². The number of nitrogens with zero attached hydrogens (tertiary/aromatic N) is 1.